The largest absolute Gasteiger partial charge is 0.490 e. The van der Waals surface area contributed by atoms with Gasteiger partial charge in [-0.2, -0.15) is 0 Å². The Balaban J connectivity index is 2.11. The maximum atomic E-state index is 5.91. The second-order valence-corrected chi connectivity index (χ2v) is 5.44. The van der Waals surface area contributed by atoms with Crippen molar-refractivity contribution < 1.29 is 14.2 Å². The molecule has 4 nitrogen and oxygen atoms in total. The van der Waals surface area contributed by atoms with Crippen molar-refractivity contribution in [3.8, 4) is 11.5 Å². The van der Waals surface area contributed by atoms with Gasteiger partial charge in [0.2, 0.25) is 0 Å². The van der Waals surface area contributed by atoms with Gasteiger partial charge in [-0.25, -0.2) is 0 Å². The van der Waals surface area contributed by atoms with Gasteiger partial charge in [-0.05, 0) is 47.0 Å². The number of halogens is 1. The molecule has 1 atom stereocenters. The van der Waals surface area contributed by atoms with E-state index in [1.165, 1.54) is 0 Å². The van der Waals surface area contributed by atoms with Crippen molar-refractivity contribution in [3.63, 3.8) is 0 Å². The van der Waals surface area contributed by atoms with Crippen molar-refractivity contribution in [1.29, 1.82) is 0 Å². The van der Waals surface area contributed by atoms with Crippen LogP contribution in [0.15, 0.2) is 16.6 Å². The van der Waals surface area contributed by atoms with Crippen LogP contribution in [0.25, 0.3) is 0 Å². The molecule has 1 heterocycles. The topological polar surface area (TPSA) is 53.7 Å². The quantitative estimate of drug-likeness (QED) is 0.871. The van der Waals surface area contributed by atoms with Crippen molar-refractivity contribution >= 4 is 15.9 Å². The van der Waals surface area contributed by atoms with Crippen LogP contribution >= 0.6 is 15.9 Å². The van der Waals surface area contributed by atoms with Crippen LogP contribution in [-0.4, -0.2) is 26.4 Å². The lowest BCUT2D eigenvalue weighted by atomic mass is 10.1. The van der Waals surface area contributed by atoms with E-state index in [1.54, 1.807) is 0 Å². The lowest BCUT2D eigenvalue weighted by Crippen LogP contribution is -2.13. The van der Waals surface area contributed by atoms with E-state index in [0.29, 0.717) is 25.7 Å². The first kappa shape index (κ1) is 14.6. The molecule has 1 aliphatic rings. The van der Waals surface area contributed by atoms with Gasteiger partial charge in [0.05, 0.1) is 24.3 Å². The minimum atomic E-state index is 0.468. The summed E-state index contributed by atoms with van der Waals surface area (Å²) in [7, 11) is 0. The molecule has 106 valence electrons. The van der Waals surface area contributed by atoms with Gasteiger partial charge in [0.15, 0.2) is 11.5 Å². The highest BCUT2D eigenvalue weighted by atomic mass is 79.9. The van der Waals surface area contributed by atoms with Crippen LogP contribution in [0.2, 0.25) is 0 Å². The van der Waals surface area contributed by atoms with Crippen molar-refractivity contribution in [3.05, 3.63) is 22.2 Å². The summed E-state index contributed by atoms with van der Waals surface area (Å²) < 4.78 is 17.8. The maximum absolute atomic E-state index is 5.91. The number of ether oxygens (including phenoxy) is 3. The summed E-state index contributed by atoms with van der Waals surface area (Å²) in [5.74, 6) is 1.97. The molecule has 0 aromatic heterocycles. The third-order valence-corrected chi connectivity index (χ3v) is 3.68. The van der Waals surface area contributed by atoms with Crippen LogP contribution in [0.3, 0.4) is 0 Å². The van der Waals surface area contributed by atoms with E-state index in [9.17, 15) is 0 Å². The molecule has 1 fully saturated rings. The summed E-state index contributed by atoms with van der Waals surface area (Å²) in [5, 5.41) is 0. The van der Waals surface area contributed by atoms with Gasteiger partial charge >= 0.3 is 0 Å². The van der Waals surface area contributed by atoms with Gasteiger partial charge < -0.3 is 19.9 Å². The standard InChI is InChI=1S/C14H20BrNO3/c1-2-18-13-6-11(7-16)5-12(15)14(13)19-9-10-3-4-17-8-10/h5-6,10H,2-4,7-9,16H2,1H3. The normalized spacial score (nSPS) is 18.6. The highest BCUT2D eigenvalue weighted by Gasteiger charge is 2.18. The van der Waals surface area contributed by atoms with E-state index in [2.05, 4.69) is 15.9 Å². The van der Waals surface area contributed by atoms with Crippen LogP contribution < -0.4 is 15.2 Å². The van der Waals surface area contributed by atoms with Crippen LogP contribution in [-0.2, 0) is 11.3 Å². The van der Waals surface area contributed by atoms with Gasteiger partial charge in [-0.1, -0.05) is 0 Å². The lowest BCUT2D eigenvalue weighted by Gasteiger charge is -2.16. The van der Waals surface area contributed by atoms with Crippen LogP contribution in [0.5, 0.6) is 11.5 Å². The molecule has 2 rings (SSSR count). The van der Waals surface area contributed by atoms with Gasteiger partial charge in [-0.15, -0.1) is 0 Å². The molecule has 0 radical (unpaired) electrons. The molecule has 0 amide bonds. The predicted molar refractivity (Wildman–Crippen MR) is 77.6 cm³/mol. The van der Waals surface area contributed by atoms with Crippen molar-refractivity contribution in [2.45, 2.75) is 19.9 Å². The monoisotopic (exact) mass is 329 g/mol. The predicted octanol–water partition coefficient (Wildman–Crippen LogP) is 2.72. The van der Waals surface area contributed by atoms with E-state index >= 15 is 0 Å². The summed E-state index contributed by atoms with van der Waals surface area (Å²) in [6.45, 7) is 5.30. The highest BCUT2D eigenvalue weighted by molar-refractivity contribution is 9.10. The number of hydrogen-bond acceptors (Lipinski definition) is 4. The first-order chi connectivity index (χ1) is 9.24. The molecule has 2 N–H and O–H groups in total. The molecule has 1 aromatic carbocycles. The number of nitrogens with two attached hydrogens (primary N) is 1. The minimum absolute atomic E-state index is 0.468. The summed E-state index contributed by atoms with van der Waals surface area (Å²) in [4.78, 5) is 0. The van der Waals surface area contributed by atoms with Crippen LogP contribution in [0.1, 0.15) is 18.9 Å². The molecule has 1 aromatic rings. The first-order valence-electron chi connectivity index (χ1n) is 6.60. The van der Waals surface area contributed by atoms with Crippen molar-refractivity contribution in [1.82, 2.24) is 0 Å². The zero-order chi connectivity index (χ0) is 13.7. The smallest absolute Gasteiger partial charge is 0.175 e. The fraction of sp³-hybridized carbons (Fsp3) is 0.571. The van der Waals surface area contributed by atoms with Gasteiger partial charge in [-0.3, -0.25) is 0 Å². The molecule has 0 saturated carbocycles. The Kier molecular flexibility index (Phi) is 5.48. The van der Waals surface area contributed by atoms with Crippen molar-refractivity contribution in [2.24, 2.45) is 11.7 Å². The molecule has 1 saturated heterocycles. The third-order valence-electron chi connectivity index (χ3n) is 3.09. The SMILES string of the molecule is CCOc1cc(CN)cc(Br)c1OCC1CCOC1. The van der Waals surface area contributed by atoms with Crippen LogP contribution in [0, 0.1) is 5.92 Å². The zero-order valence-electron chi connectivity index (χ0n) is 11.2. The summed E-state index contributed by atoms with van der Waals surface area (Å²) in [6.07, 6.45) is 1.06. The second-order valence-electron chi connectivity index (χ2n) is 4.58. The van der Waals surface area contributed by atoms with E-state index in [4.69, 9.17) is 19.9 Å². The first-order valence-corrected chi connectivity index (χ1v) is 7.39. The van der Waals surface area contributed by atoms with Gasteiger partial charge in [0.1, 0.15) is 0 Å². The number of rotatable bonds is 6. The molecule has 1 unspecified atom stereocenters. The summed E-state index contributed by atoms with van der Waals surface area (Å²) in [5.41, 5.74) is 6.69. The number of benzene rings is 1. The molecule has 1 aliphatic heterocycles. The molecular weight excluding hydrogens is 310 g/mol. The van der Waals surface area contributed by atoms with Gasteiger partial charge in [0, 0.05) is 19.1 Å². The zero-order valence-corrected chi connectivity index (χ0v) is 12.7. The minimum Gasteiger partial charge on any atom is -0.490 e. The molecule has 0 spiro atoms. The average molecular weight is 330 g/mol. The fourth-order valence-corrected chi connectivity index (χ4v) is 2.66. The van der Waals surface area contributed by atoms with E-state index < -0.39 is 0 Å². The molecule has 5 heteroatoms. The Bertz CT molecular complexity index is 419. The molecule has 0 bridgehead atoms. The maximum Gasteiger partial charge on any atom is 0.175 e. The van der Waals surface area contributed by atoms with Gasteiger partial charge in [0.25, 0.3) is 0 Å². The van der Waals surface area contributed by atoms with E-state index in [-0.39, 0.29) is 0 Å². The fourth-order valence-electron chi connectivity index (χ4n) is 2.06. The lowest BCUT2D eigenvalue weighted by molar-refractivity contribution is 0.164. The highest BCUT2D eigenvalue weighted by Crippen LogP contribution is 2.37. The summed E-state index contributed by atoms with van der Waals surface area (Å²) in [6, 6.07) is 3.91. The Labute approximate surface area is 122 Å². The molecule has 19 heavy (non-hydrogen) atoms. The summed E-state index contributed by atoms with van der Waals surface area (Å²) >= 11 is 3.53. The second kappa shape index (κ2) is 7.12. The third kappa shape index (κ3) is 3.84. The Morgan fingerprint density at radius 3 is 2.89 bits per heavy atom. The number of hydrogen-bond donors (Lipinski definition) is 1. The Hall–Kier alpha value is -0.780. The Morgan fingerprint density at radius 2 is 2.26 bits per heavy atom. The Morgan fingerprint density at radius 1 is 1.42 bits per heavy atom. The van der Waals surface area contributed by atoms with E-state index in [0.717, 1.165) is 41.2 Å². The van der Waals surface area contributed by atoms with Crippen LogP contribution in [0.4, 0.5) is 0 Å². The van der Waals surface area contributed by atoms with E-state index in [1.807, 2.05) is 19.1 Å². The molecule has 0 aliphatic carbocycles. The molecular formula is C14H20BrNO3. The van der Waals surface area contributed by atoms with Crippen molar-refractivity contribution in [2.75, 3.05) is 26.4 Å². The average Bonchev–Trinajstić information content (AvgIpc) is 2.91.